The van der Waals surface area contributed by atoms with E-state index in [4.69, 9.17) is 0 Å². The first kappa shape index (κ1) is 17.5. The van der Waals surface area contributed by atoms with Crippen molar-refractivity contribution in [3.63, 3.8) is 0 Å². The van der Waals surface area contributed by atoms with E-state index in [2.05, 4.69) is 35.5 Å². The van der Waals surface area contributed by atoms with Gasteiger partial charge < -0.3 is 10.6 Å². The maximum atomic E-state index is 12.1. The van der Waals surface area contributed by atoms with Crippen molar-refractivity contribution in [3.8, 4) is 0 Å². The van der Waals surface area contributed by atoms with Crippen LogP contribution >= 0.6 is 0 Å². The van der Waals surface area contributed by atoms with Crippen molar-refractivity contribution in [2.24, 2.45) is 5.92 Å². The molecule has 4 heteroatoms. The number of nitrogens with one attached hydrogen (secondary N) is 2. The number of carbonyl (C=O) groups excluding carboxylic acids is 1. The number of hydrogen-bond acceptors (Lipinski definition) is 3. The third-order valence-electron chi connectivity index (χ3n) is 4.17. The summed E-state index contributed by atoms with van der Waals surface area (Å²) in [5.74, 6) is 0.548. The first-order chi connectivity index (χ1) is 11.1. The monoisotopic (exact) mass is 315 g/mol. The predicted molar refractivity (Wildman–Crippen MR) is 95.7 cm³/mol. The van der Waals surface area contributed by atoms with Crippen molar-refractivity contribution in [2.75, 3.05) is 18.4 Å². The number of rotatable bonds is 8. The molecule has 0 bridgehead atoms. The van der Waals surface area contributed by atoms with Crippen molar-refractivity contribution in [2.45, 2.75) is 52.4 Å². The highest BCUT2D eigenvalue weighted by atomic mass is 16.1. The summed E-state index contributed by atoms with van der Waals surface area (Å²) >= 11 is 0. The van der Waals surface area contributed by atoms with Crippen LogP contribution in [-0.4, -0.2) is 24.0 Å². The molecular weight excluding hydrogens is 286 g/mol. The fraction of sp³-hybridized carbons (Fsp3) is 0.579. The quantitative estimate of drug-likeness (QED) is 0.708. The van der Waals surface area contributed by atoms with E-state index in [9.17, 15) is 4.79 Å². The number of anilines is 1. The molecule has 1 aromatic heterocycles. The molecule has 0 aliphatic heterocycles. The number of hydrogen-bond donors (Lipinski definition) is 2. The van der Waals surface area contributed by atoms with Crippen molar-refractivity contribution in [1.82, 2.24) is 10.3 Å². The van der Waals surface area contributed by atoms with Gasteiger partial charge in [-0.15, -0.1) is 0 Å². The molecule has 126 valence electrons. The minimum absolute atomic E-state index is 0.0446. The second-order valence-electron chi connectivity index (χ2n) is 6.69. The lowest BCUT2D eigenvalue weighted by molar-refractivity contribution is 0.0951. The van der Waals surface area contributed by atoms with Crippen LogP contribution in [0.4, 0.5) is 5.69 Å². The van der Waals surface area contributed by atoms with Gasteiger partial charge in [0.05, 0.1) is 11.3 Å². The minimum atomic E-state index is -0.0446. The van der Waals surface area contributed by atoms with Crippen molar-refractivity contribution >= 4 is 11.6 Å². The number of aromatic nitrogens is 1. The molecule has 23 heavy (non-hydrogen) atoms. The van der Waals surface area contributed by atoms with Crippen molar-refractivity contribution in [3.05, 3.63) is 35.7 Å². The van der Waals surface area contributed by atoms with Crippen LogP contribution in [0.25, 0.3) is 0 Å². The van der Waals surface area contributed by atoms with Gasteiger partial charge in [0.25, 0.3) is 5.91 Å². The van der Waals surface area contributed by atoms with Crippen LogP contribution in [-0.2, 0) is 0 Å². The zero-order chi connectivity index (χ0) is 16.5. The molecule has 0 radical (unpaired) electrons. The third kappa shape index (κ3) is 6.43. The average Bonchev–Trinajstić information content (AvgIpc) is 2.56. The second kappa shape index (κ2) is 9.33. The number of allylic oxidation sites excluding steroid dienone is 1. The van der Waals surface area contributed by atoms with Gasteiger partial charge in [-0.2, -0.15) is 0 Å². The summed E-state index contributed by atoms with van der Waals surface area (Å²) in [5.41, 5.74) is 3.09. The highest BCUT2D eigenvalue weighted by molar-refractivity contribution is 5.94. The summed E-state index contributed by atoms with van der Waals surface area (Å²) in [5, 5.41) is 6.33. The lowest BCUT2D eigenvalue weighted by atomic mass is 9.97. The summed E-state index contributed by atoms with van der Waals surface area (Å²) in [6.07, 6.45) is 13.0. The Kier molecular flexibility index (Phi) is 7.11. The molecule has 1 heterocycles. The SMILES string of the molecule is CC(C)CCNC(=O)c1cncc(NCCC2=CCCCC2)c1. The molecule has 1 amide bonds. The maximum absolute atomic E-state index is 12.1. The molecular formula is C19H29N3O. The van der Waals surface area contributed by atoms with E-state index in [1.165, 1.54) is 25.7 Å². The molecule has 2 rings (SSSR count). The van der Waals surface area contributed by atoms with E-state index < -0.39 is 0 Å². The molecule has 0 saturated heterocycles. The Hall–Kier alpha value is -1.84. The van der Waals surface area contributed by atoms with Gasteiger partial charge in [-0.1, -0.05) is 25.5 Å². The molecule has 1 aliphatic carbocycles. The Morgan fingerprint density at radius 3 is 2.87 bits per heavy atom. The summed E-state index contributed by atoms with van der Waals surface area (Å²) < 4.78 is 0. The van der Waals surface area contributed by atoms with Gasteiger partial charge in [-0.05, 0) is 50.5 Å². The van der Waals surface area contributed by atoms with Gasteiger partial charge in [0.1, 0.15) is 0 Å². The van der Waals surface area contributed by atoms with E-state index in [0.29, 0.717) is 18.0 Å². The van der Waals surface area contributed by atoms with Gasteiger partial charge in [0.15, 0.2) is 0 Å². The maximum Gasteiger partial charge on any atom is 0.252 e. The predicted octanol–water partition coefficient (Wildman–Crippen LogP) is 4.16. The van der Waals surface area contributed by atoms with Crippen LogP contribution in [0.3, 0.4) is 0 Å². The van der Waals surface area contributed by atoms with Crippen LogP contribution in [0.15, 0.2) is 30.1 Å². The zero-order valence-electron chi connectivity index (χ0n) is 14.4. The number of pyridine rings is 1. The summed E-state index contributed by atoms with van der Waals surface area (Å²) in [7, 11) is 0. The number of carbonyl (C=O) groups is 1. The topological polar surface area (TPSA) is 54.0 Å². The Bertz CT molecular complexity index is 537. The smallest absolute Gasteiger partial charge is 0.252 e. The van der Waals surface area contributed by atoms with Gasteiger partial charge in [0, 0.05) is 25.5 Å². The largest absolute Gasteiger partial charge is 0.383 e. The first-order valence-corrected chi connectivity index (χ1v) is 8.80. The molecule has 0 fully saturated rings. The van der Waals surface area contributed by atoms with E-state index in [1.807, 2.05) is 6.07 Å². The van der Waals surface area contributed by atoms with Gasteiger partial charge in [-0.25, -0.2) is 0 Å². The Morgan fingerprint density at radius 1 is 1.26 bits per heavy atom. The number of nitrogens with zero attached hydrogens (tertiary/aromatic N) is 1. The van der Waals surface area contributed by atoms with Crippen molar-refractivity contribution in [1.29, 1.82) is 0 Å². The molecule has 0 spiro atoms. The van der Waals surface area contributed by atoms with Gasteiger partial charge in [0.2, 0.25) is 0 Å². The third-order valence-corrected chi connectivity index (χ3v) is 4.17. The fourth-order valence-electron chi connectivity index (χ4n) is 2.74. The van der Waals surface area contributed by atoms with Crippen LogP contribution in [0.2, 0.25) is 0 Å². The van der Waals surface area contributed by atoms with Crippen molar-refractivity contribution < 1.29 is 4.79 Å². The Labute approximate surface area is 139 Å². The van der Waals surface area contributed by atoms with Crippen LogP contribution < -0.4 is 10.6 Å². The zero-order valence-corrected chi connectivity index (χ0v) is 14.4. The molecule has 0 aromatic carbocycles. The summed E-state index contributed by atoms with van der Waals surface area (Å²) in [6, 6.07) is 1.88. The minimum Gasteiger partial charge on any atom is -0.383 e. The standard InChI is InChI=1S/C19H29N3O/c1-15(2)8-10-22-19(23)17-12-18(14-20-13-17)21-11-9-16-6-4-3-5-7-16/h6,12-15,21H,3-5,7-11H2,1-2H3,(H,22,23). The van der Waals surface area contributed by atoms with Gasteiger partial charge >= 0.3 is 0 Å². The average molecular weight is 315 g/mol. The highest BCUT2D eigenvalue weighted by Crippen LogP contribution is 2.20. The summed E-state index contributed by atoms with van der Waals surface area (Å²) in [4.78, 5) is 16.3. The lowest BCUT2D eigenvalue weighted by Crippen LogP contribution is -2.25. The van der Waals surface area contributed by atoms with E-state index in [1.54, 1.807) is 18.0 Å². The van der Waals surface area contributed by atoms with E-state index >= 15 is 0 Å². The van der Waals surface area contributed by atoms with Crippen LogP contribution in [0, 0.1) is 5.92 Å². The normalized spacial score (nSPS) is 14.5. The Morgan fingerprint density at radius 2 is 2.13 bits per heavy atom. The number of amides is 1. The lowest BCUT2D eigenvalue weighted by Gasteiger charge is -2.13. The second-order valence-corrected chi connectivity index (χ2v) is 6.69. The van der Waals surface area contributed by atoms with Crippen LogP contribution in [0.5, 0.6) is 0 Å². The first-order valence-electron chi connectivity index (χ1n) is 8.80. The molecule has 0 atom stereocenters. The molecule has 1 aromatic rings. The molecule has 0 saturated carbocycles. The van der Waals surface area contributed by atoms with Crippen LogP contribution in [0.1, 0.15) is 62.7 Å². The molecule has 2 N–H and O–H groups in total. The fourth-order valence-corrected chi connectivity index (χ4v) is 2.74. The van der Waals surface area contributed by atoms with Gasteiger partial charge in [-0.3, -0.25) is 9.78 Å². The molecule has 1 aliphatic rings. The molecule has 0 unspecified atom stereocenters. The Balaban J connectivity index is 1.79. The molecule has 4 nitrogen and oxygen atoms in total. The van der Waals surface area contributed by atoms with E-state index in [0.717, 1.165) is 25.1 Å². The highest BCUT2D eigenvalue weighted by Gasteiger charge is 2.07. The summed E-state index contributed by atoms with van der Waals surface area (Å²) in [6.45, 7) is 5.91. The van der Waals surface area contributed by atoms with E-state index in [-0.39, 0.29) is 5.91 Å².